The second kappa shape index (κ2) is 3.79. The summed E-state index contributed by atoms with van der Waals surface area (Å²) >= 11 is 0. The Balaban J connectivity index is 2.65. The lowest BCUT2D eigenvalue weighted by atomic mass is 10.3. The van der Waals surface area contributed by atoms with Crippen molar-refractivity contribution in [2.75, 3.05) is 6.54 Å². The highest BCUT2D eigenvalue weighted by Crippen LogP contribution is 2.03. The molecule has 0 aromatic carbocycles. The number of nitrogens with one attached hydrogen (secondary N) is 2. The number of hydrogen-bond acceptors (Lipinski definition) is 2. The Morgan fingerprint density at radius 3 is 3.18 bits per heavy atom. The number of hydrogen-bond donors (Lipinski definition) is 2. The van der Waals surface area contributed by atoms with Gasteiger partial charge in [0.05, 0.1) is 0 Å². The number of terminal acetylenes is 1. The maximum Gasteiger partial charge on any atom is 0.135 e. The molecule has 0 radical (unpaired) electrons. The van der Waals surface area contributed by atoms with Crippen molar-refractivity contribution in [1.82, 2.24) is 15.3 Å². The third-order valence-electron chi connectivity index (χ3n) is 1.37. The Kier molecular flexibility index (Phi) is 2.70. The first-order valence-corrected chi connectivity index (χ1v) is 3.57. The van der Waals surface area contributed by atoms with Crippen LogP contribution in [0.15, 0.2) is 12.4 Å². The van der Waals surface area contributed by atoms with Gasteiger partial charge in [-0.25, -0.2) is 4.98 Å². The van der Waals surface area contributed by atoms with Gasteiger partial charge in [-0.15, -0.1) is 6.42 Å². The van der Waals surface area contributed by atoms with Crippen LogP contribution >= 0.6 is 0 Å². The first-order valence-electron chi connectivity index (χ1n) is 3.57. The van der Waals surface area contributed by atoms with Gasteiger partial charge < -0.3 is 4.98 Å². The molecule has 3 heteroatoms. The van der Waals surface area contributed by atoms with Crippen molar-refractivity contribution < 1.29 is 0 Å². The summed E-state index contributed by atoms with van der Waals surface area (Å²) in [7, 11) is 0. The first kappa shape index (κ1) is 7.83. The molecule has 2 N–H and O–H groups in total. The molecule has 58 valence electrons. The van der Waals surface area contributed by atoms with Crippen LogP contribution in [0.1, 0.15) is 18.8 Å². The second-order valence-electron chi connectivity index (χ2n) is 2.13. The summed E-state index contributed by atoms with van der Waals surface area (Å²) in [5.41, 5.74) is 0. The van der Waals surface area contributed by atoms with Crippen LogP contribution in [0, 0.1) is 12.3 Å². The van der Waals surface area contributed by atoms with E-state index in [9.17, 15) is 0 Å². The number of H-pyrrole nitrogens is 1. The molecule has 3 nitrogen and oxygen atoms in total. The highest BCUT2D eigenvalue weighted by Gasteiger charge is 2.06. The lowest BCUT2D eigenvalue weighted by molar-refractivity contribution is 0.636. The highest BCUT2D eigenvalue weighted by molar-refractivity contribution is 5.10. The van der Waals surface area contributed by atoms with Crippen LogP contribution in [0.5, 0.6) is 0 Å². The minimum Gasteiger partial charge on any atom is -0.346 e. The van der Waals surface area contributed by atoms with Crippen molar-refractivity contribution in [3.05, 3.63) is 18.2 Å². The van der Waals surface area contributed by atoms with Crippen LogP contribution in [0.3, 0.4) is 0 Å². The van der Waals surface area contributed by atoms with Crippen molar-refractivity contribution in [3.63, 3.8) is 0 Å². The Bertz CT molecular complexity index is 232. The topological polar surface area (TPSA) is 40.7 Å². The van der Waals surface area contributed by atoms with Gasteiger partial charge in [-0.1, -0.05) is 12.8 Å². The normalized spacial score (nSPS) is 12.4. The molecule has 1 atom stereocenters. The van der Waals surface area contributed by atoms with Crippen LogP contribution in [-0.2, 0) is 0 Å². The maximum absolute atomic E-state index is 5.28. The van der Waals surface area contributed by atoms with E-state index in [1.807, 2.05) is 6.92 Å². The van der Waals surface area contributed by atoms with Gasteiger partial charge in [0.15, 0.2) is 0 Å². The molecule has 1 heterocycles. The van der Waals surface area contributed by atoms with Crippen molar-refractivity contribution in [1.29, 1.82) is 0 Å². The number of rotatable bonds is 3. The average Bonchev–Trinajstić information content (AvgIpc) is 2.52. The lowest BCUT2D eigenvalue weighted by Crippen LogP contribution is -2.20. The van der Waals surface area contributed by atoms with Gasteiger partial charge in [-0.2, -0.15) is 0 Å². The predicted octanol–water partition coefficient (Wildman–Crippen LogP) is 0.693. The van der Waals surface area contributed by atoms with E-state index in [-0.39, 0.29) is 6.04 Å². The third-order valence-corrected chi connectivity index (χ3v) is 1.37. The standard InChI is InChI=1S/C8H11N3/c1-3-7(9-4-2)8-10-5-6-11-8/h1,5-7,9H,4H2,2H3,(H,10,11). The summed E-state index contributed by atoms with van der Waals surface area (Å²) in [6, 6.07) is -0.0880. The molecule has 1 unspecified atom stereocenters. The molecule has 0 saturated heterocycles. The Labute approximate surface area is 66.2 Å². The predicted molar refractivity (Wildman–Crippen MR) is 43.8 cm³/mol. The van der Waals surface area contributed by atoms with E-state index in [2.05, 4.69) is 21.2 Å². The zero-order valence-corrected chi connectivity index (χ0v) is 6.46. The molecule has 0 amide bonds. The Hall–Kier alpha value is -1.27. The summed E-state index contributed by atoms with van der Waals surface area (Å²) in [6.07, 6.45) is 8.73. The van der Waals surface area contributed by atoms with Crippen LogP contribution in [0.2, 0.25) is 0 Å². The molecule has 0 bridgehead atoms. The molecule has 0 saturated carbocycles. The van der Waals surface area contributed by atoms with Gasteiger partial charge in [0.25, 0.3) is 0 Å². The number of aromatic nitrogens is 2. The van der Waals surface area contributed by atoms with Crippen LogP contribution < -0.4 is 5.32 Å². The second-order valence-corrected chi connectivity index (χ2v) is 2.13. The molecule has 0 aliphatic rings. The van der Waals surface area contributed by atoms with Crippen molar-refractivity contribution in [3.8, 4) is 12.3 Å². The molecule has 0 fully saturated rings. The van der Waals surface area contributed by atoms with E-state index in [1.54, 1.807) is 12.4 Å². The summed E-state index contributed by atoms with van der Waals surface area (Å²) in [5.74, 6) is 3.40. The monoisotopic (exact) mass is 149 g/mol. The van der Waals surface area contributed by atoms with Gasteiger partial charge in [0.1, 0.15) is 11.9 Å². The average molecular weight is 149 g/mol. The Morgan fingerprint density at radius 1 is 1.91 bits per heavy atom. The molecule has 1 rings (SSSR count). The van der Waals surface area contributed by atoms with Gasteiger partial charge in [-0.05, 0) is 6.54 Å². The van der Waals surface area contributed by atoms with E-state index in [0.717, 1.165) is 12.4 Å². The van der Waals surface area contributed by atoms with E-state index in [0.29, 0.717) is 0 Å². The number of aromatic amines is 1. The summed E-state index contributed by atoms with van der Waals surface area (Å²) < 4.78 is 0. The zero-order chi connectivity index (χ0) is 8.10. The van der Waals surface area contributed by atoms with E-state index in [1.165, 1.54) is 0 Å². The maximum atomic E-state index is 5.28. The zero-order valence-electron chi connectivity index (χ0n) is 6.46. The first-order chi connectivity index (χ1) is 5.38. The number of imidazole rings is 1. The van der Waals surface area contributed by atoms with Crippen LogP contribution in [0.25, 0.3) is 0 Å². The smallest absolute Gasteiger partial charge is 0.135 e. The highest BCUT2D eigenvalue weighted by atomic mass is 15.0. The van der Waals surface area contributed by atoms with E-state index >= 15 is 0 Å². The van der Waals surface area contributed by atoms with Crippen LogP contribution in [-0.4, -0.2) is 16.5 Å². The molecule has 0 aliphatic heterocycles. The van der Waals surface area contributed by atoms with Crippen LogP contribution in [0.4, 0.5) is 0 Å². The molecule has 1 aromatic heterocycles. The fourth-order valence-electron chi connectivity index (χ4n) is 0.874. The van der Waals surface area contributed by atoms with Crippen molar-refractivity contribution >= 4 is 0 Å². The summed E-state index contributed by atoms with van der Waals surface area (Å²) in [6.45, 7) is 2.85. The van der Waals surface area contributed by atoms with Crippen molar-refractivity contribution in [2.24, 2.45) is 0 Å². The minimum atomic E-state index is -0.0880. The number of nitrogens with zero attached hydrogens (tertiary/aromatic N) is 1. The quantitative estimate of drug-likeness (QED) is 0.621. The molecule has 11 heavy (non-hydrogen) atoms. The summed E-state index contributed by atoms with van der Waals surface area (Å²) in [5, 5.41) is 3.10. The van der Waals surface area contributed by atoms with Gasteiger partial charge in [0.2, 0.25) is 0 Å². The van der Waals surface area contributed by atoms with Gasteiger partial charge in [0, 0.05) is 12.4 Å². The van der Waals surface area contributed by atoms with Crippen molar-refractivity contribution in [2.45, 2.75) is 13.0 Å². The SMILES string of the molecule is C#CC(NCC)c1ncc[nH]1. The molecular weight excluding hydrogens is 138 g/mol. The summed E-state index contributed by atoms with van der Waals surface area (Å²) in [4.78, 5) is 7.00. The molecule has 1 aromatic rings. The minimum absolute atomic E-state index is 0.0880. The molecule has 0 aliphatic carbocycles. The lowest BCUT2D eigenvalue weighted by Gasteiger charge is -2.06. The van der Waals surface area contributed by atoms with Gasteiger partial charge >= 0.3 is 0 Å². The third kappa shape index (κ3) is 1.82. The largest absolute Gasteiger partial charge is 0.346 e. The van der Waals surface area contributed by atoms with E-state index in [4.69, 9.17) is 6.42 Å². The molecular formula is C8H11N3. The fourth-order valence-corrected chi connectivity index (χ4v) is 0.874. The fraction of sp³-hybridized carbons (Fsp3) is 0.375. The van der Waals surface area contributed by atoms with E-state index < -0.39 is 0 Å². The Morgan fingerprint density at radius 2 is 2.73 bits per heavy atom. The molecule has 0 spiro atoms. The van der Waals surface area contributed by atoms with Gasteiger partial charge in [-0.3, -0.25) is 5.32 Å².